The second-order valence-electron chi connectivity index (χ2n) is 7.68. The molecule has 0 radical (unpaired) electrons. The fourth-order valence-electron chi connectivity index (χ4n) is 4.06. The highest BCUT2D eigenvalue weighted by atomic mass is 16.5. The molecule has 0 aliphatic carbocycles. The van der Waals surface area contributed by atoms with Crippen LogP contribution in [0.15, 0.2) is 73.1 Å². The van der Waals surface area contributed by atoms with E-state index in [1.54, 1.807) is 13.3 Å². The molecule has 1 atom stereocenters. The summed E-state index contributed by atoms with van der Waals surface area (Å²) in [7, 11) is 1.68. The van der Waals surface area contributed by atoms with Crippen LogP contribution >= 0.6 is 0 Å². The summed E-state index contributed by atoms with van der Waals surface area (Å²) in [5.74, 6) is 0.888. The van der Waals surface area contributed by atoms with Crippen LogP contribution in [0, 0.1) is 5.92 Å². The van der Waals surface area contributed by atoms with Crippen molar-refractivity contribution in [1.29, 1.82) is 0 Å². The lowest BCUT2D eigenvalue weighted by atomic mass is 9.92. The molecule has 3 aromatic rings. The molecule has 1 unspecified atom stereocenters. The van der Waals surface area contributed by atoms with Gasteiger partial charge >= 0.3 is 0 Å². The van der Waals surface area contributed by atoms with Crippen LogP contribution in [0.3, 0.4) is 0 Å². The van der Waals surface area contributed by atoms with Crippen molar-refractivity contribution in [2.45, 2.75) is 13.0 Å². The molecule has 1 aliphatic rings. The summed E-state index contributed by atoms with van der Waals surface area (Å²) in [4.78, 5) is 19.4. The van der Waals surface area contributed by atoms with E-state index in [2.05, 4.69) is 45.5 Å². The number of amides is 1. The molecule has 30 heavy (non-hydrogen) atoms. The van der Waals surface area contributed by atoms with Crippen LogP contribution in [-0.2, 0) is 17.8 Å². The summed E-state index contributed by atoms with van der Waals surface area (Å²) in [6.07, 6.45) is 4.36. The van der Waals surface area contributed by atoms with Crippen LogP contribution in [0.2, 0.25) is 0 Å². The molecule has 1 aromatic heterocycles. The van der Waals surface area contributed by atoms with E-state index in [1.807, 2.05) is 36.5 Å². The van der Waals surface area contributed by atoms with Crippen LogP contribution < -0.4 is 10.1 Å². The van der Waals surface area contributed by atoms with Crippen LogP contribution in [0.1, 0.15) is 11.1 Å². The summed E-state index contributed by atoms with van der Waals surface area (Å²) in [6, 6.07) is 20.4. The van der Waals surface area contributed by atoms with E-state index in [1.165, 1.54) is 11.1 Å². The normalized spacial score (nSPS) is 17.2. The van der Waals surface area contributed by atoms with Crippen LogP contribution in [-0.4, -0.2) is 42.5 Å². The minimum atomic E-state index is -0.101. The van der Waals surface area contributed by atoms with E-state index in [9.17, 15) is 4.79 Å². The van der Waals surface area contributed by atoms with E-state index in [0.29, 0.717) is 13.0 Å². The van der Waals surface area contributed by atoms with Crippen molar-refractivity contribution >= 4 is 5.91 Å². The number of hydrogen-bond donors (Lipinski definition) is 1. The monoisotopic (exact) mass is 401 g/mol. The number of carbonyl (C=O) groups excluding carboxylic acids is 1. The van der Waals surface area contributed by atoms with Gasteiger partial charge in [0.15, 0.2) is 0 Å². The Bertz CT molecular complexity index is 990. The van der Waals surface area contributed by atoms with Crippen molar-refractivity contribution in [3.8, 4) is 16.9 Å². The van der Waals surface area contributed by atoms with E-state index >= 15 is 0 Å². The van der Waals surface area contributed by atoms with Gasteiger partial charge in [-0.15, -0.1) is 0 Å². The number of carbonyl (C=O) groups is 1. The Kier molecular flexibility index (Phi) is 6.40. The van der Waals surface area contributed by atoms with E-state index in [-0.39, 0.29) is 11.8 Å². The van der Waals surface area contributed by atoms with Crippen LogP contribution in [0.5, 0.6) is 5.75 Å². The number of nitrogens with one attached hydrogen (secondary N) is 1. The van der Waals surface area contributed by atoms with Crippen molar-refractivity contribution in [1.82, 2.24) is 15.2 Å². The fraction of sp³-hybridized carbons (Fsp3) is 0.280. The number of nitrogens with zero attached hydrogens (tertiary/aromatic N) is 2. The Labute approximate surface area is 177 Å². The summed E-state index contributed by atoms with van der Waals surface area (Å²) in [5, 5.41) is 3.09. The molecule has 2 aromatic carbocycles. The topological polar surface area (TPSA) is 54.5 Å². The summed E-state index contributed by atoms with van der Waals surface area (Å²) < 4.78 is 5.35. The highest BCUT2D eigenvalue weighted by Gasteiger charge is 2.26. The summed E-state index contributed by atoms with van der Waals surface area (Å²) in [6.45, 7) is 3.03. The van der Waals surface area contributed by atoms with Gasteiger partial charge in [-0.05, 0) is 41.3 Å². The minimum absolute atomic E-state index is 0.101. The molecule has 2 heterocycles. The highest BCUT2D eigenvalue weighted by Crippen LogP contribution is 2.26. The first-order chi connectivity index (χ1) is 14.7. The first kappa shape index (κ1) is 20.1. The molecule has 1 aliphatic heterocycles. The predicted molar refractivity (Wildman–Crippen MR) is 118 cm³/mol. The van der Waals surface area contributed by atoms with Gasteiger partial charge in [0.25, 0.3) is 0 Å². The third kappa shape index (κ3) is 4.86. The lowest BCUT2D eigenvalue weighted by molar-refractivity contribution is -0.124. The third-order valence-corrected chi connectivity index (χ3v) is 5.57. The molecule has 5 nitrogen and oxygen atoms in total. The standard InChI is InChI=1S/C25H27N3O2/c1-30-23-9-4-6-19(14-23)17-28-13-12-27-25(29)22(18-28)15-20-7-2-3-10-24(20)21-8-5-11-26-16-21/h2-11,14,16,22H,12-13,15,17-18H2,1H3,(H,27,29). The predicted octanol–water partition coefficient (Wildman–Crippen LogP) is 3.55. The van der Waals surface area contributed by atoms with Gasteiger partial charge in [0.05, 0.1) is 13.0 Å². The lowest BCUT2D eigenvalue weighted by Gasteiger charge is -2.23. The first-order valence-electron chi connectivity index (χ1n) is 10.3. The Morgan fingerprint density at radius 2 is 2.03 bits per heavy atom. The van der Waals surface area contributed by atoms with Gasteiger partial charge in [-0.1, -0.05) is 42.5 Å². The van der Waals surface area contributed by atoms with E-state index < -0.39 is 0 Å². The molecule has 4 rings (SSSR count). The van der Waals surface area contributed by atoms with Gasteiger partial charge in [-0.3, -0.25) is 14.7 Å². The van der Waals surface area contributed by atoms with Crippen molar-refractivity contribution in [2.24, 2.45) is 5.92 Å². The molecular weight excluding hydrogens is 374 g/mol. The Morgan fingerprint density at radius 3 is 2.87 bits per heavy atom. The molecule has 0 spiro atoms. The molecule has 0 bridgehead atoms. The lowest BCUT2D eigenvalue weighted by Crippen LogP contribution is -2.33. The second kappa shape index (κ2) is 9.55. The number of hydrogen-bond acceptors (Lipinski definition) is 4. The Morgan fingerprint density at radius 1 is 1.13 bits per heavy atom. The Balaban J connectivity index is 1.52. The summed E-state index contributed by atoms with van der Waals surface area (Å²) >= 11 is 0. The molecule has 1 N–H and O–H groups in total. The van der Waals surface area contributed by atoms with Gasteiger partial charge in [0.1, 0.15) is 5.75 Å². The second-order valence-corrected chi connectivity index (χ2v) is 7.68. The Hall–Kier alpha value is -3.18. The van der Waals surface area contributed by atoms with Gasteiger partial charge < -0.3 is 10.1 Å². The van der Waals surface area contributed by atoms with Gasteiger partial charge in [-0.2, -0.15) is 0 Å². The highest BCUT2D eigenvalue weighted by molar-refractivity contribution is 5.80. The maximum absolute atomic E-state index is 12.8. The number of pyridine rings is 1. The molecular formula is C25H27N3O2. The van der Waals surface area contributed by atoms with Crippen LogP contribution in [0.4, 0.5) is 0 Å². The quantitative estimate of drug-likeness (QED) is 0.686. The molecule has 0 saturated carbocycles. The van der Waals surface area contributed by atoms with Crippen molar-refractivity contribution in [3.63, 3.8) is 0 Å². The zero-order chi connectivity index (χ0) is 20.8. The molecule has 1 saturated heterocycles. The van der Waals surface area contributed by atoms with Gasteiger partial charge in [0, 0.05) is 44.1 Å². The molecule has 1 fully saturated rings. The molecule has 154 valence electrons. The molecule has 1 amide bonds. The number of methoxy groups -OCH3 is 1. The first-order valence-corrected chi connectivity index (χ1v) is 10.3. The largest absolute Gasteiger partial charge is 0.497 e. The number of aromatic nitrogens is 1. The number of rotatable bonds is 6. The molecule has 5 heteroatoms. The van der Waals surface area contributed by atoms with Crippen molar-refractivity contribution < 1.29 is 9.53 Å². The smallest absolute Gasteiger partial charge is 0.224 e. The maximum atomic E-state index is 12.8. The van der Waals surface area contributed by atoms with Crippen molar-refractivity contribution in [3.05, 3.63) is 84.2 Å². The minimum Gasteiger partial charge on any atom is -0.497 e. The van der Waals surface area contributed by atoms with Gasteiger partial charge in [-0.25, -0.2) is 0 Å². The average molecular weight is 402 g/mol. The SMILES string of the molecule is COc1cccc(CN2CCNC(=O)C(Cc3ccccc3-c3cccnc3)C2)c1. The zero-order valence-electron chi connectivity index (χ0n) is 17.3. The fourth-order valence-corrected chi connectivity index (χ4v) is 4.06. The third-order valence-electron chi connectivity index (χ3n) is 5.57. The number of benzene rings is 2. The zero-order valence-corrected chi connectivity index (χ0v) is 17.3. The van der Waals surface area contributed by atoms with E-state index in [4.69, 9.17) is 4.74 Å². The van der Waals surface area contributed by atoms with Gasteiger partial charge in [0.2, 0.25) is 5.91 Å². The van der Waals surface area contributed by atoms with Crippen LogP contribution in [0.25, 0.3) is 11.1 Å². The van der Waals surface area contributed by atoms with Crippen molar-refractivity contribution in [2.75, 3.05) is 26.7 Å². The van der Waals surface area contributed by atoms with E-state index in [0.717, 1.165) is 36.5 Å². The average Bonchev–Trinajstić information content (AvgIpc) is 2.96. The maximum Gasteiger partial charge on any atom is 0.224 e. The summed E-state index contributed by atoms with van der Waals surface area (Å²) in [5.41, 5.74) is 4.59. The number of ether oxygens (including phenoxy) is 1.